The molecule has 2 N–H and O–H groups in total. The van der Waals surface area contributed by atoms with E-state index in [1.54, 1.807) is 25.1 Å². The Morgan fingerprint density at radius 2 is 1.68 bits per heavy atom. The third-order valence-electron chi connectivity index (χ3n) is 5.30. The lowest BCUT2D eigenvalue weighted by molar-refractivity contribution is -0.187. The summed E-state index contributed by atoms with van der Waals surface area (Å²) in [5.74, 6) is -1.34. The number of alkyl halides is 3. The zero-order valence-electron chi connectivity index (χ0n) is 18.2. The van der Waals surface area contributed by atoms with Crippen molar-refractivity contribution in [1.82, 2.24) is 19.7 Å². The van der Waals surface area contributed by atoms with E-state index in [2.05, 4.69) is 20.7 Å². The Balaban J connectivity index is 1.46. The summed E-state index contributed by atoms with van der Waals surface area (Å²) in [6, 6.07) is 6.49. The van der Waals surface area contributed by atoms with Crippen molar-refractivity contribution in [3.63, 3.8) is 0 Å². The van der Waals surface area contributed by atoms with Crippen LogP contribution in [-0.4, -0.2) is 64.7 Å². The molecule has 2 heterocycles. The monoisotopic (exact) mass is 482 g/mol. The molecule has 0 saturated carbocycles. The molecule has 2 aromatic carbocycles. The fourth-order valence-corrected chi connectivity index (χ4v) is 3.76. The van der Waals surface area contributed by atoms with Gasteiger partial charge in [0.05, 0.1) is 18.9 Å². The van der Waals surface area contributed by atoms with Gasteiger partial charge in [-0.1, -0.05) is 0 Å². The number of morpholine rings is 1. The molecule has 1 atom stereocenters. The summed E-state index contributed by atoms with van der Waals surface area (Å²) in [5, 5.41) is 10.0. The van der Waals surface area contributed by atoms with E-state index in [9.17, 15) is 22.0 Å². The number of hydrogen-bond acceptors (Lipinski definition) is 6. The zero-order chi connectivity index (χ0) is 24.3. The molecule has 3 aromatic rings. The van der Waals surface area contributed by atoms with E-state index in [1.807, 2.05) is 0 Å². The molecule has 1 aliphatic heterocycles. The molecule has 1 fully saturated rings. The summed E-state index contributed by atoms with van der Waals surface area (Å²) in [4.78, 5) is 5.45. The third kappa shape index (κ3) is 6.00. The maximum absolute atomic E-state index is 13.6. The van der Waals surface area contributed by atoms with Gasteiger partial charge in [-0.05, 0) is 42.8 Å². The van der Waals surface area contributed by atoms with E-state index in [0.29, 0.717) is 11.4 Å². The van der Waals surface area contributed by atoms with Gasteiger partial charge in [-0.25, -0.2) is 13.5 Å². The van der Waals surface area contributed by atoms with Crippen molar-refractivity contribution in [3.8, 4) is 5.69 Å². The fraction of sp³-hybridized carbons (Fsp3) is 0.364. The normalized spacial score (nSPS) is 15.8. The highest BCUT2D eigenvalue weighted by Crippen LogP contribution is 2.27. The van der Waals surface area contributed by atoms with Gasteiger partial charge in [-0.15, -0.1) is 5.10 Å². The first-order valence-electron chi connectivity index (χ1n) is 10.6. The van der Waals surface area contributed by atoms with Crippen LogP contribution in [-0.2, 0) is 4.74 Å². The highest BCUT2D eigenvalue weighted by Gasteiger charge is 2.43. The number of benzene rings is 2. The number of anilines is 3. The lowest BCUT2D eigenvalue weighted by atomic mass is 10.1. The van der Waals surface area contributed by atoms with Crippen LogP contribution in [0.25, 0.3) is 5.69 Å². The van der Waals surface area contributed by atoms with E-state index in [-0.39, 0.29) is 44.5 Å². The van der Waals surface area contributed by atoms with Crippen molar-refractivity contribution in [2.24, 2.45) is 0 Å². The second-order valence-corrected chi connectivity index (χ2v) is 7.94. The zero-order valence-corrected chi connectivity index (χ0v) is 18.2. The van der Waals surface area contributed by atoms with E-state index < -0.39 is 23.9 Å². The molecule has 0 bridgehead atoms. The lowest BCUT2D eigenvalue weighted by Gasteiger charge is -2.35. The Labute approximate surface area is 192 Å². The standard InChI is InChI=1S/C22H23F5N6O/c1-14-6-17(28-12-20(22(25,26)27)32-2-4-34-5-3-32)11-18(7-14)30-21-29-13-33(31-21)19-9-15(23)8-16(24)10-19/h6-11,13,20,28H,2-5,12H2,1H3,(H,30,31). The molecule has 1 unspecified atom stereocenters. The maximum atomic E-state index is 13.6. The molecule has 1 aromatic heterocycles. The molecular formula is C22H23F5N6O. The van der Waals surface area contributed by atoms with Crippen molar-refractivity contribution in [2.45, 2.75) is 19.1 Å². The predicted octanol–water partition coefficient (Wildman–Crippen LogP) is 4.27. The fourth-order valence-electron chi connectivity index (χ4n) is 3.76. The van der Waals surface area contributed by atoms with Crippen molar-refractivity contribution in [2.75, 3.05) is 43.5 Å². The van der Waals surface area contributed by atoms with Crippen molar-refractivity contribution < 1.29 is 26.7 Å². The van der Waals surface area contributed by atoms with Crippen molar-refractivity contribution in [3.05, 3.63) is 59.9 Å². The molecule has 1 aliphatic rings. The highest BCUT2D eigenvalue weighted by molar-refractivity contribution is 5.63. The SMILES string of the molecule is Cc1cc(NCC(N2CCOCC2)C(F)(F)F)cc(Nc2ncn(-c3cc(F)cc(F)c3)n2)c1. The number of nitrogens with zero attached hydrogens (tertiary/aromatic N) is 4. The number of ether oxygens (including phenoxy) is 1. The van der Waals surface area contributed by atoms with E-state index in [1.165, 1.54) is 15.9 Å². The Bertz CT molecular complexity index is 1110. The molecule has 12 heteroatoms. The van der Waals surface area contributed by atoms with E-state index >= 15 is 0 Å². The molecule has 34 heavy (non-hydrogen) atoms. The molecule has 4 rings (SSSR count). The average Bonchev–Trinajstić information content (AvgIpc) is 3.21. The topological polar surface area (TPSA) is 67.2 Å². The second kappa shape index (κ2) is 9.94. The molecule has 7 nitrogen and oxygen atoms in total. The second-order valence-electron chi connectivity index (χ2n) is 7.94. The summed E-state index contributed by atoms with van der Waals surface area (Å²) >= 11 is 0. The quantitative estimate of drug-likeness (QED) is 0.491. The van der Waals surface area contributed by atoms with Gasteiger partial charge in [0.1, 0.15) is 24.0 Å². The summed E-state index contributed by atoms with van der Waals surface area (Å²) in [7, 11) is 0. The van der Waals surface area contributed by atoms with Crippen molar-refractivity contribution in [1.29, 1.82) is 0 Å². The number of aryl methyl sites for hydroxylation is 1. The summed E-state index contributed by atoms with van der Waals surface area (Å²) in [6.45, 7) is 2.47. The van der Waals surface area contributed by atoms with Gasteiger partial charge < -0.3 is 15.4 Å². The van der Waals surface area contributed by atoms with Gasteiger partial charge in [0.25, 0.3) is 0 Å². The maximum Gasteiger partial charge on any atom is 0.405 e. The first-order chi connectivity index (χ1) is 16.2. The summed E-state index contributed by atoms with van der Waals surface area (Å²) in [6.07, 6.45) is -3.09. The molecular weight excluding hydrogens is 459 g/mol. The molecule has 0 aliphatic carbocycles. The minimum atomic E-state index is -4.39. The Hall–Kier alpha value is -3.25. The molecule has 0 radical (unpaired) electrons. The van der Waals surface area contributed by atoms with Crippen LogP contribution in [0.5, 0.6) is 0 Å². The largest absolute Gasteiger partial charge is 0.405 e. The van der Waals surface area contributed by atoms with Gasteiger partial charge in [0.15, 0.2) is 0 Å². The van der Waals surface area contributed by atoms with Crippen LogP contribution in [0, 0.1) is 18.6 Å². The molecule has 0 spiro atoms. The minimum Gasteiger partial charge on any atom is -0.383 e. The van der Waals surface area contributed by atoms with Gasteiger partial charge in [-0.3, -0.25) is 4.90 Å². The van der Waals surface area contributed by atoms with Crippen molar-refractivity contribution >= 4 is 17.3 Å². The van der Waals surface area contributed by atoms with Gasteiger partial charge in [0, 0.05) is 37.1 Å². The number of halogens is 5. The Kier molecular flexibility index (Phi) is 6.98. The van der Waals surface area contributed by atoms with Gasteiger partial charge in [-0.2, -0.15) is 18.2 Å². The number of hydrogen-bond donors (Lipinski definition) is 2. The Morgan fingerprint density at radius 3 is 2.35 bits per heavy atom. The van der Waals surface area contributed by atoms with Gasteiger partial charge in [0.2, 0.25) is 5.95 Å². The highest BCUT2D eigenvalue weighted by atomic mass is 19.4. The Morgan fingerprint density at radius 1 is 1.00 bits per heavy atom. The van der Waals surface area contributed by atoms with Crippen LogP contribution >= 0.6 is 0 Å². The number of aromatic nitrogens is 3. The van der Waals surface area contributed by atoms with Crippen LogP contribution < -0.4 is 10.6 Å². The molecule has 0 amide bonds. The first-order valence-corrected chi connectivity index (χ1v) is 10.6. The summed E-state index contributed by atoms with van der Waals surface area (Å²) < 4.78 is 74.3. The average molecular weight is 482 g/mol. The molecule has 182 valence electrons. The van der Waals surface area contributed by atoms with E-state index in [4.69, 9.17) is 4.74 Å². The van der Waals surface area contributed by atoms with Crippen LogP contribution in [0.2, 0.25) is 0 Å². The smallest absolute Gasteiger partial charge is 0.383 e. The third-order valence-corrected chi connectivity index (χ3v) is 5.30. The first kappa shape index (κ1) is 23.9. The predicted molar refractivity (Wildman–Crippen MR) is 116 cm³/mol. The van der Waals surface area contributed by atoms with Crippen LogP contribution in [0.1, 0.15) is 5.56 Å². The number of nitrogens with one attached hydrogen (secondary N) is 2. The lowest BCUT2D eigenvalue weighted by Crippen LogP contribution is -2.53. The van der Waals surface area contributed by atoms with Gasteiger partial charge >= 0.3 is 6.18 Å². The van der Waals surface area contributed by atoms with Crippen LogP contribution in [0.3, 0.4) is 0 Å². The summed E-state index contributed by atoms with van der Waals surface area (Å²) in [5.41, 5.74) is 2.00. The number of rotatable bonds is 7. The van der Waals surface area contributed by atoms with E-state index in [0.717, 1.165) is 23.8 Å². The molecule has 1 saturated heterocycles. The van der Waals surface area contributed by atoms with Crippen LogP contribution in [0.15, 0.2) is 42.7 Å². The minimum absolute atomic E-state index is 0.155. The van der Waals surface area contributed by atoms with Crippen LogP contribution in [0.4, 0.5) is 39.3 Å².